The van der Waals surface area contributed by atoms with Gasteiger partial charge in [0.15, 0.2) is 5.96 Å². The summed E-state index contributed by atoms with van der Waals surface area (Å²) in [7, 11) is 3.90. The molecule has 0 aromatic carbocycles. The quantitative estimate of drug-likeness (QED) is 0.177. The van der Waals surface area contributed by atoms with E-state index in [0.29, 0.717) is 19.3 Å². The van der Waals surface area contributed by atoms with Crippen LogP contribution in [0.2, 0.25) is 0 Å². The number of rotatable bonds is 11. The fourth-order valence-corrected chi connectivity index (χ4v) is 2.53. The molecule has 1 atom stereocenters. The molecule has 1 heterocycles. The zero-order chi connectivity index (χ0) is 16.0. The molecule has 0 saturated carbocycles. The monoisotopic (exact) mass is 439 g/mol. The minimum absolute atomic E-state index is 0. The molecule has 1 unspecified atom stereocenters. The van der Waals surface area contributed by atoms with Crippen LogP contribution in [0.3, 0.4) is 0 Å². The molecule has 0 radical (unpaired) electrons. The summed E-state index contributed by atoms with van der Waals surface area (Å²) < 4.78 is 11.2. The summed E-state index contributed by atoms with van der Waals surface area (Å²) in [5.41, 5.74) is 0. The maximum absolute atomic E-state index is 5.65. The third-order valence-electron chi connectivity index (χ3n) is 3.83. The molecule has 1 N–H and O–H groups in total. The summed E-state index contributed by atoms with van der Waals surface area (Å²) in [6, 6.07) is 0. The molecular weight excluding hydrogens is 405 g/mol. The Balaban J connectivity index is 0.00000484. The van der Waals surface area contributed by atoms with Gasteiger partial charge in [-0.25, -0.2) is 0 Å². The van der Waals surface area contributed by atoms with Crippen molar-refractivity contribution in [2.45, 2.75) is 44.6 Å². The Morgan fingerprint density at radius 1 is 1.43 bits per heavy atom. The van der Waals surface area contributed by atoms with Gasteiger partial charge in [0, 0.05) is 33.8 Å². The van der Waals surface area contributed by atoms with Gasteiger partial charge < -0.3 is 19.7 Å². The number of hydrogen-bond acceptors (Lipinski definition) is 3. The Labute approximate surface area is 158 Å². The van der Waals surface area contributed by atoms with Gasteiger partial charge in [-0.3, -0.25) is 4.99 Å². The average Bonchev–Trinajstić information content (AvgIpc) is 3.03. The van der Waals surface area contributed by atoms with Gasteiger partial charge in [-0.15, -0.1) is 30.6 Å². The van der Waals surface area contributed by atoms with Gasteiger partial charge >= 0.3 is 0 Å². The lowest BCUT2D eigenvalue weighted by molar-refractivity contribution is 0.0190. The number of nitrogens with one attached hydrogen (secondary N) is 1. The van der Waals surface area contributed by atoms with Gasteiger partial charge in [-0.2, -0.15) is 0 Å². The molecule has 0 bridgehead atoms. The Kier molecular flexibility index (Phi) is 15.0. The molecule has 6 heteroatoms. The number of nitrogens with zero attached hydrogens (tertiary/aromatic N) is 2. The molecule has 0 aliphatic carbocycles. The van der Waals surface area contributed by atoms with E-state index in [2.05, 4.69) is 28.8 Å². The Bertz CT molecular complexity index is 321. The minimum atomic E-state index is 0. The van der Waals surface area contributed by atoms with Crippen molar-refractivity contribution in [1.82, 2.24) is 10.2 Å². The van der Waals surface area contributed by atoms with Crippen LogP contribution in [0.1, 0.15) is 38.5 Å². The highest BCUT2D eigenvalue weighted by molar-refractivity contribution is 14.0. The number of unbranched alkanes of at least 4 members (excludes halogenated alkanes) is 3. The van der Waals surface area contributed by atoms with Crippen LogP contribution in [-0.4, -0.2) is 64.0 Å². The van der Waals surface area contributed by atoms with Crippen LogP contribution in [0.25, 0.3) is 0 Å². The van der Waals surface area contributed by atoms with Crippen molar-refractivity contribution in [1.29, 1.82) is 0 Å². The van der Waals surface area contributed by atoms with Crippen molar-refractivity contribution >= 4 is 29.9 Å². The predicted octanol–water partition coefficient (Wildman–Crippen LogP) is 3.05. The molecule has 1 fully saturated rings. The van der Waals surface area contributed by atoms with E-state index in [1.54, 1.807) is 0 Å². The van der Waals surface area contributed by atoms with Crippen LogP contribution in [0.4, 0.5) is 0 Å². The lowest BCUT2D eigenvalue weighted by Gasteiger charge is -2.22. The molecule has 1 rings (SSSR count). The summed E-state index contributed by atoms with van der Waals surface area (Å²) in [5, 5.41) is 3.34. The smallest absolute Gasteiger partial charge is 0.193 e. The maximum atomic E-state index is 5.65. The highest BCUT2D eigenvalue weighted by Crippen LogP contribution is 2.11. The second-order valence-corrected chi connectivity index (χ2v) is 5.74. The fourth-order valence-electron chi connectivity index (χ4n) is 2.53. The highest BCUT2D eigenvalue weighted by atomic mass is 127. The number of guanidine groups is 1. The van der Waals surface area contributed by atoms with Crippen molar-refractivity contribution in [2.24, 2.45) is 4.99 Å². The van der Waals surface area contributed by atoms with E-state index >= 15 is 0 Å². The maximum Gasteiger partial charge on any atom is 0.193 e. The average molecular weight is 439 g/mol. The predicted molar refractivity (Wildman–Crippen MR) is 108 cm³/mol. The van der Waals surface area contributed by atoms with Gasteiger partial charge in [-0.1, -0.05) is 12.5 Å². The highest BCUT2D eigenvalue weighted by Gasteiger charge is 2.15. The molecule has 0 aromatic heterocycles. The number of halogens is 1. The van der Waals surface area contributed by atoms with E-state index in [1.165, 1.54) is 19.3 Å². The summed E-state index contributed by atoms with van der Waals surface area (Å²) in [4.78, 5) is 6.49. The number of aliphatic imine (C=N–C) groups is 1. The third-order valence-corrected chi connectivity index (χ3v) is 3.83. The first-order chi connectivity index (χ1) is 10.8. The van der Waals surface area contributed by atoms with Crippen LogP contribution in [-0.2, 0) is 9.47 Å². The fraction of sp³-hybridized carbons (Fsp3) is 0.824. The number of ether oxygens (including phenoxy) is 2. The molecule has 5 nitrogen and oxygen atoms in total. The molecule has 1 aliphatic heterocycles. The lowest BCUT2D eigenvalue weighted by Crippen LogP contribution is -2.40. The summed E-state index contributed by atoms with van der Waals surface area (Å²) in [5.74, 6) is 0.935. The normalized spacial score (nSPS) is 17.7. The van der Waals surface area contributed by atoms with Gasteiger partial charge in [0.25, 0.3) is 0 Å². The van der Waals surface area contributed by atoms with Crippen molar-refractivity contribution in [3.05, 3.63) is 12.7 Å². The third kappa shape index (κ3) is 10.9. The molecule has 0 amide bonds. The van der Waals surface area contributed by atoms with Crippen LogP contribution >= 0.6 is 24.0 Å². The minimum Gasteiger partial charge on any atom is -0.377 e. The van der Waals surface area contributed by atoms with E-state index in [1.807, 2.05) is 13.1 Å². The first-order valence-electron chi connectivity index (χ1n) is 8.50. The molecule has 23 heavy (non-hydrogen) atoms. The molecule has 0 aromatic rings. The van der Waals surface area contributed by atoms with E-state index in [4.69, 9.17) is 9.47 Å². The van der Waals surface area contributed by atoms with Crippen molar-refractivity contribution < 1.29 is 9.47 Å². The molecule has 136 valence electrons. The van der Waals surface area contributed by atoms with E-state index in [-0.39, 0.29) is 24.0 Å². The Morgan fingerprint density at radius 3 is 2.91 bits per heavy atom. The SMILES string of the molecule is C=CCCCCCN(C)C(=NC)NCCOCC1CCCO1.I. The first kappa shape index (κ1) is 22.7. The summed E-state index contributed by atoms with van der Waals surface area (Å²) in [6.45, 7) is 7.83. The van der Waals surface area contributed by atoms with E-state index in [0.717, 1.165) is 44.9 Å². The zero-order valence-electron chi connectivity index (χ0n) is 14.8. The van der Waals surface area contributed by atoms with E-state index in [9.17, 15) is 0 Å². The van der Waals surface area contributed by atoms with Crippen molar-refractivity contribution in [2.75, 3.05) is 47.0 Å². The van der Waals surface area contributed by atoms with Gasteiger partial charge in [0.1, 0.15) is 0 Å². The largest absolute Gasteiger partial charge is 0.377 e. The van der Waals surface area contributed by atoms with Crippen LogP contribution < -0.4 is 5.32 Å². The van der Waals surface area contributed by atoms with E-state index < -0.39 is 0 Å². The van der Waals surface area contributed by atoms with Gasteiger partial charge in [0.2, 0.25) is 0 Å². The zero-order valence-corrected chi connectivity index (χ0v) is 17.1. The second-order valence-electron chi connectivity index (χ2n) is 5.74. The number of hydrogen-bond donors (Lipinski definition) is 1. The van der Waals surface area contributed by atoms with Crippen molar-refractivity contribution in [3.8, 4) is 0 Å². The first-order valence-corrected chi connectivity index (χ1v) is 8.50. The van der Waals surface area contributed by atoms with Crippen molar-refractivity contribution in [3.63, 3.8) is 0 Å². The Morgan fingerprint density at radius 2 is 2.26 bits per heavy atom. The topological polar surface area (TPSA) is 46.1 Å². The van der Waals surface area contributed by atoms with Crippen LogP contribution in [0.15, 0.2) is 17.6 Å². The number of allylic oxidation sites excluding steroid dienone is 1. The van der Waals surface area contributed by atoms with Gasteiger partial charge in [0.05, 0.1) is 19.3 Å². The summed E-state index contributed by atoms with van der Waals surface area (Å²) in [6.07, 6.45) is 9.33. The molecule has 1 aliphatic rings. The van der Waals surface area contributed by atoms with Gasteiger partial charge in [-0.05, 0) is 32.1 Å². The standard InChI is InChI=1S/C17H33N3O2.HI/c1-4-5-6-7-8-12-20(3)17(18-2)19-11-14-21-15-16-10-9-13-22-16;/h4,16H,1,5-15H2,2-3H3,(H,18,19);1H. The van der Waals surface area contributed by atoms with Crippen LogP contribution in [0, 0.1) is 0 Å². The molecule has 1 saturated heterocycles. The summed E-state index contributed by atoms with van der Waals surface area (Å²) >= 11 is 0. The lowest BCUT2D eigenvalue weighted by atomic mass is 10.2. The second kappa shape index (κ2) is 15.2. The molecular formula is C17H34IN3O2. The van der Waals surface area contributed by atoms with Crippen LogP contribution in [0.5, 0.6) is 0 Å². The molecule has 0 spiro atoms. The Hall–Kier alpha value is -0.340.